The van der Waals surface area contributed by atoms with Crippen molar-refractivity contribution in [1.29, 1.82) is 0 Å². The van der Waals surface area contributed by atoms with Gasteiger partial charge in [-0.2, -0.15) is 17.4 Å². The lowest BCUT2D eigenvalue weighted by atomic mass is 9.83. The Hall–Kier alpha value is -0.660. The van der Waals surface area contributed by atoms with Crippen molar-refractivity contribution < 1.29 is 18.3 Å². The van der Waals surface area contributed by atoms with E-state index >= 15 is 0 Å². The van der Waals surface area contributed by atoms with Crippen LogP contribution in [0.15, 0.2) is 0 Å². The molecule has 0 aromatic heterocycles. The Morgan fingerprint density at radius 2 is 1.86 bits per heavy atom. The summed E-state index contributed by atoms with van der Waals surface area (Å²) in [5, 5.41) is 9.24. The molecule has 1 saturated carbocycles. The molecule has 2 aliphatic rings. The van der Waals surface area contributed by atoms with Gasteiger partial charge in [-0.1, -0.05) is 26.2 Å². The van der Waals surface area contributed by atoms with Crippen molar-refractivity contribution in [2.75, 3.05) is 6.54 Å². The highest BCUT2D eigenvalue weighted by molar-refractivity contribution is 7.87. The molecule has 21 heavy (non-hydrogen) atoms. The molecule has 0 spiro atoms. The van der Waals surface area contributed by atoms with E-state index in [0.717, 1.165) is 49.3 Å². The molecule has 0 bridgehead atoms. The Morgan fingerprint density at radius 3 is 2.52 bits per heavy atom. The molecular formula is C14H26N2O4S. The smallest absolute Gasteiger partial charge is 0.322 e. The summed E-state index contributed by atoms with van der Waals surface area (Å²) in [6, 6.07) is -0.968. The zero-order chi connectivity index (χ0) is 15.5. The van der Waals surface area contributed by atoms with Gasteiger partial charge in [-0.25, -0.2) is 0 Å². The second-order valence-electron chi connectivity index (χ2n) is 6.14. The van der Waals surface area contributed by atoms with Crippen LogP contribution in [0.4, 0.5) is 0 Å². The average molecular weight is 318 g/mol. The van der Waals surface area contributed by atoms with E-state index in [4.69, 9.17) is 0 Å². The second-order valence-corrected chi connectivity index (χ2v) is 7.80. The number of hydrogen-bond donors (Lipinski definition) is 2. The number of carboxylic acid groups (broad SMARTS) is 1. The summed E-state index contributed by atoms with van der Waals surface area (Å²) in [6.07, 6.45) is 6.93. The fraction of sp³-hybridized carbons (Fsp3) is 0.929. The molecular weight excluding hydrogens is 292 g/mol. The van der Waals surface area contributed by atoms with E-state index in [-0.39, 0.29) is 6.04 Å². The van der Waals surface area contributed by atoms with Gasteiger partial charge in [0.15, 0.2) is 0 Å². The van der Waals surface area contributed by atoms with Gasteiger partial charge in [-0.15, -0.1) is 0 Å². The van der Waals surface area contributed by atoms with Crippen molar-refractivity contribution in [3.63, 3.8) is 0 Å². The number of piperidine rings is 1. The lowest BCUT2D eigenvalue weighted by molar-refractivity contribution is -0.142. The summed E-state index contributed by atoms with van der Waals surface area (Å²) >= 11 is 0. The molecule has 7 heteroatoms. The van der Waals surface area contributed by atoms with E-state index in [9.17, 15) is 18.3 Å². The minimum Gasteiger partial charge on any atom is -0.480 e. The molecule has 1 aliphatic heterocycles. The van der Waals surface area contributed by atoms with Crippen LogP contribution in [0.25, 0.3) is 0 Å². The summed E-state index contributed by atoms with van der Waals surface area (Å²) in [5.41, 5.74) is 0. The molecule has 2 N–H and O–H groups in total. The summed E-state index contributed by atoms with van der Waals surface area (Å²) in [6.45, 7) is 2.38. The van der Waals surface area contributed by atoms with Gasteiger partial charge >= 0.3 is 5.97 Å². The summed E-state index contributed by atoms with van der Waals surface area (Å²) in [5.74, 6) is -0.683. The van der Waals surface area contributed by atoms with E-state index in [1.165, 1.54) is 0 Å². The number of carboxylic acids is 1. The topological polar surface area (TPSA) is 86.7 Å². The fourth-order valence-corrected chi connectivity index (χ4v) is 5.28. The first-order valence-corrected chi connectivity index (χ1v) is 9.41. The molecule has 3 unspecified atom stereocenters. The number of carbonyl (C=O) groups is 1. The number of hydrogen-bond acceptors (Lipinski definition) is 3. The van der Waals surface area contributed by atoms with E-state index in [1.54, 1.807) is 0 Å². The second kappa shape index (κ2) is 7.07. The van der Waals surface area contributed by atoms with E-state index < -0.39 is 22.2 Å². The first kappa shape index (κ1) is 16.7. The maximum absolute atomic E-state index is 12.6. The highest BCUT2D eigenvalue weighted by Gasteiger charge is 2.38. The van der Waals surface area contributed by atoms with Gasteiger partial charge in [0, 0.05) is 12.6 Å². The van der Waals surface area contributed by atoms with Crippen LogP contribution in [-0.4, -0.2) is 42.4 Å². The van der Waals surface area contributed by atoms with Crippen LogP contribution in [0.1, 0.15) is 58.3 Å². The lowest BCUT2D eigenvalue weighted by Crippen LogP contribution is -2.55. The van der Waals surface area contributed by atoms with Gasteiger partial charge in [0.25, 0.3) is 10.2 Å². The van der Waals surface area contributed by atoms with Crippen molar-refractivity contribution >= 4 is 16.2 Å². The molecule has 2 rings (SSSR count). The summed E-state index contributed by atoms with van der Waals surface area (Å²) in [4.78, 5) is 11.3. The summed E-state index contributed by atoms with van der Waals surface area (Å²) in [7, 11) is -3.72. The molecule has 6 nitrogen and oxygen atoms in total. The highest BCUT2D eigenvalue weighted by Crippen LogP contribution is 2.28. The van der Waals surface area contributed by atoms with Gasteiger partial charge in [-0.05, 0) is 38.0 Å². The molecule has 3 atom stereocenters. The van der Waals surface area contributed by atoms with Crippen molar-refractivity contribution in [3.05, 3.63) is 0 Å². The SMILES string of the molecule is CCC1CCCCC1NS(=O)(=O)N1CCCCC1C(=O)O. The fourth-order valence-electron chi connectivity index (χ4n) is 3.55. The minimum absolute atomic E-state index is 0.0508. The minimum atomic E-state index is -3.72. The third-order valence-corrected chi connectivity index (χ3v) is 6.44. The highest BCUT2D eigenvalue weighted by atomic mass is 32.2. The monoisotopic (exact) mass is 318 g/mol. The Labute approximate surface area is 127 Å². The Balaban J connectivity index is 2.10. The standard InChI is InChI=1S/C14H26N2O4S/c1-2-11-7-3-4-8-12(11)15-21(19,20)16-10-6-5-9-13(16)14(17)18/h11-13,15H,2-10H2,1H3,(H,17,18). The molecule has 1 aliphatic carbocycles. The third kappa shape index (κ3) is 3.96. The molecule has 2 fully saturated rings. The maximum atomic E-state index is 12.6. The predicted octanol–water partition coefficient (Wildman–Crippen LogP) is 1.73. The Kier molecular flexibility index (Phi) is 5.62. The molecule has 0 radical (unpaired) electrons. The predicted molar refractivity (Wildman–Crippen MR) is 80.1 cm³/mol. The van der Waals surface area contributed by atoms with Gasteiger partial charge in [0.05, 0.1) is 0 Å². The first-order chi connectivity index (χ1) is 9.95. The first-order valence-electron chi connectivity index (χ1n) is 7.97. The van der Waals surface area contributed by atoms with E-state index in [0.29, 0.717) is 18.9 Å². The van der Waals surface area contributed by atoms with Gasteiger partial charge in [-0.3, -0.25) is 4.79 Å². The van der Waals surface area contributed by atoms with Crippen LogP contribution in [0.5, 0.6) is 0 Å². The van der Waals surface area contributed by atoms with Crippen molar-refractivity contribution in [2.24, 2.45) is 5.92 Å². The van der Waals surface area contributed by atoms with E-state index in [1.807, 2.05) is 0 Å². The Morgan fingerprint density at radius 1 is 1.19 bits per heavy atom. The van der Waals surface area contributed by atoms with Crippen LogP contribution in [0, 0.1) is 5.92 Å². The molecule has 0 amide bonds. The lowest BCUT2D eigenvalue weighted by Gasteiger charge is -2.36. The van der Waals surface area contributed by atoms with Crippen LogP contribution in [0.2, 0.25) is 0 Å². The van der Waals surface area contributed by atoms with Crippen LogP contribution >= 0.6 is 0 Å². The number of nitrogens with zero attached hydrogens (tertiary/aromatic N) is 1. The number of rotatable bonds is 5. The molecule has 1 saturated heterocycles. The molecule has 122 valence electrons. The zero-order valence-corrected chi connectivity index (χ0v) is 13.4. The van der Waals surface area contributed by atoms with Crippen LogP contribution < -0.4 is 4.72 Å². The van der Waals surface area contributed by atoms with E-state index in [2.05, 4.69) is 11.6 Å². The summed E-state index contributed by atoms with van der Waals surface area (Å²) < 4.78 is 29.1. The molecule has 0 aromatic rings. The zero-order valence-electron chi connectivity index (χ0n) is 12.6. The number of nitrogens with one attached hydrogen (secondary N) is 1. The quantitative estimate of drug-likeness (QED) is 0.808. The van der Waals surface area contributed by atoms with Gasteiger partial charge < -0.3 is 5.11 Å². The Bertz CT molecular complexity index is 466. The van der Waals surface area contributed by atoms with Crippen LogP contribution in [-0.2, 0) is 15.0 Å². The molecule has 0 aromatic carbocycles. The maximum Gasteiger partial charge on any atom is 0.322 e. The largest absolute Gasteiger partial charge is 0.480 e. The van der Waals surface area contributed by atoms with Crippen molar-refractivity contribution in [1.82, 2.24) is 9.03 Å². The van der Waals surface area contributed by atoms with Crippen LogP contribution in [0.3, 0.4) is 0 Å². The van der Waals surface area contributed by atoms with Gasteiger partial charge in [0.1, 0.15) is 6.04 Å². The van der Waals surface area contributed by atoms with Crippen molar-refractivity contribution in [2.45, 2.75) is 70.4 Å². The molecule has 1 heterocycles. The van der Waals surface area contributed by atoms with Crippen molar-refractivity contribution in [3.8, 4) is 0 Å². The third-order valence-electron chi connectivity index (χ3n) is 4.78. The van der Waals surface area contributed by atoms with Gasteiger partial charge in [0.2, 0.25) is 0 Å². The average Bonchev–Trinajstić information content (AvgIpc) is 2.47. The number of aliphatic carboxylic acids is 1. The normalized spacial score (nSPS) is 32.0.